The molecule has 0 amide bonds. The van der Waals surface area contributed by atoms with Gasteiger partial charge in [-0.05, 0) is 30.3 Å². The quantitative estimate of drug-likeness (QED) is 0.473. The lowest BCUT2D eigenvalue weighted by atomic mass is 10.1. The van der Waals surface area contributed by atoms with Crippen molar-refractivity contribution in [3.05, 3.63) is 65.9 Å². The number of fused-ring (bicyclic) bond motifs is 2. The lowest BCUT2D eigenvalue weighted by Gasteiger charge is -2.11. The summed E-state index contributed by atoms with van der Waals surface area (Å²) in [6, 6.07) is 9.13. The zero-order valence-electron chi connectivity index (χ0n) is 14.1. The third kappa shape index (κ3) is 2.27. The highest BCUT2D eigenvalue weighted by atomic mass is 16.5. The standard InChI is InChI=1S/C17H12N8O2/c1-27-12-4-2-11(3-5-12)15-14-13(22-17-18-8-21-25(15)17)6-7-24(16(14)26)23-9-19-20-10-23/h2-10H,1H3. The van der Waals surface area contributed by atoms with Gasteiger partial charge in [-0.25, -0.2) is 14.3 Å². The number of hydrogen-bond acceptors (Lipinski definition) is 7. The van der Waals surface area contributed by atoms with Crippen LogP contribution in [0.1, 0.15) is 0 Å². The number of pyridine rings is 1. The van der Waals surface area contributed by atoms with Gasteiger partial charge in [0.2, 0.25) is 0 Å². The molecule has 4 heterocycles. The van der Waals surface area contributed by atoms with E-state index in [1.54, 1.807) is 23.9 Å². The Morgan fingerprint density at radius 1 is 1.04 bits per heavy atom. The van der Waals surface area contributed by atoms with Crippen LogP contribution in [0, 0.1) is 0 Å². The third-order valence-corrected chi connectivity index (χ3v) is 4.27. The maximum Gasteiger partial charge on any atom is 0.281 e. The molecule has 27 heavy (non-hydrogen) atoms. The highest BCUT2D eigenvalue weighted by Gasteiger charge is 2.17. The lowest BCUT2D eigenvalue weighted by molar-refractivity contribution is 0.415. The molecule has 132 valence electrons. The van der Waals surface area contributed by atoms with Gasteiger partial charge < -0.3 is 4.74 Å². The van der Waals surface area contributed by atoms with Crippen molar-refractivity contribution in [3.63, 3.8) is 0 Å². The van der Waals surface area contributed by atoms with E-state index in [1.807, 2.05) is 24.3 Å². The molecule has 10 nitrogen and oxygen atoms in total. The van der Waals surface area contributed by atoms with Gasteiger partial charge >= 0.3 is 0 Å². The van der Waals surface area contributed by atoms with Crippen molar-refractivity contribution in [2.75, 3.05) is 7.11 Å². The second kappa shape index (κ2) is 5.73. The minimum Gasteiger partial charge on any atom is -0.497 e. The summed E-state index contributed by atoms with van der Waals surface area (Å²) in [4.78, 5) is 21.9. The van der Waals surface area contributed by atoms with Crippen LogP contribution in [0.15, 0.2) is 60.3 Å². The summed E-state index contributed by atoms with van der Waals surface area (Å²) in [6.07, 6.45) is 5.92. The van der Waals surface area contributed by atoms with Crippen LogP contribution in [0.2, 0.25) is 0 Å². The number of benzene rings is 1. The average molecular weight is 360 g/mol. The van der Waals surface area contributed by atoms with Crippen molar-refractivity contribution in [2.24, 2.45) is 0 Å². The van der Waals surface area contributed by atoms with Crippen molar-refractivity contribution in [3.8, 4) is 17.0 Å². The molecule has 1 aromatic carbocycles. The Balaban J connectivity index is 1.91. The fourth-order valence-corrected chi connectivity index (χ4v) is 3.02. The van der Waals surface area contributed by atoms with Gasteiger partial charge in [0.1, 0.15) is 24.7 Å². The van der Waals surface area contributed by atoms with Crippen LogP contribution in [-0.4, -0.2) is 46.2 Å². The molecular formula is C17H12N8O2. The molecule has 5 rings (SSSR count). The topological polar surface area (TPSA) is 105 Å². The minimum atomic E-state index is -0.275. The molecule has 4 aromatic heterocycles. The first-order chi connectivity index (χ1) is 13.3. The van der Waals surface area contributed by atoms with Crippen molar-refractivity contribution in [1.82, 2.24) is 39.1 Å². The van der Waals surface area contributed by atoms with E-state index in [1.165, 1.54) is 28.3 Å². The van der Waals surface area contributed by atoms with Crippen LogP contribution < -0.4 is 10.3 Å². The maximum atomic E-state index is 13.3. The van der Waals surface area contributed by atoms with Gasteiger partial charge in [-0.15, -0.1) is 10.2 Å². The predicted molar refractivity (Wildman–Crippen MR) is 95.4 cm³/mol. The Labute approximate surface area is 151 Å². The lowest BCUT2D eigenvalue weighted by Crippen LogP contribution is -2.25. The molecule has 0 radical (unpaired) electrons. The summed E-state index contributed by atoms with van der Waals surface area (Å²) in [6.45, 7) is 0. The smallest absolute Gasteiger partial charge is 0.281 e. The van der Waals surface area contributed by atoms with Gasteiger partial charge in [0.25, 0.3) is 11.3 Å². The van der Waals surface area contributed by atoms with E-state index in [2.05, 4.69) is 25.3 Å². The molecule has 0 atom stereocenters. The van der Waals surface area contributed by atoms with Crippen molar-refractivity contribution in [2.45, 2.75) is 0 Å². The predicted octanol–water partition coefficient (Wildman–Crippen LogP) is 1.02. The molecule has 0 aliphatic heterocycles. The number of nitrogens with zero attached hydrogens (tertiary/aromatic N) is 8. The van der Waals surface area contributed by atoms with Crippen LogP contribution in [0.25, 0.3) is 27.9 Å². The van der Waals surface area contributed by atoms with Gasteiger partial charge in [-0.2, -0.15) is 14.6 Å². The van der Waals surface area contributed by atoms with E-state index in [4.69, 9.17) is 4.74 Å². The minimum absolute atomic E-state index is 0.275. The highest BCUT2D eigenvalue weighted by molar-refractivity contribution is 5.93. The van der Waals surface area contributed by atoms with Gasteiger partial charge in [0.05, 0.1) is 23.7 Å². The van der Waals surface area contributed by atoms with Crippen LogP contribution in [0.4, 0.5) is 0 Å². The zero-order valence-corrected chi connectivity index (χ0v) is 14.1. The van der Waals surface area contributed by atoms with E-state index < -0.39 is 0 Å². The van der Waals surface area contributed by atoms with E-state index in [0.717, 1.165) is 5.56 Å². The summed E-state index contributed by atoms with van der Waals surface area (Å²) in [7, 11) is 1.60. The van der Waals surface area contributed by atoms with E-state index in [0.29, 0.717) is 28.1 Å². The number of ether oxygens (including phenoxy) is 1. The van der Waals surface area contributed by atoms with E-state index >= 15 is 0 Å². The summed E-state index contributed by atoms with van der Waals surface area (Å²) in [5.74, 6) is 1.13. The first-order valence-corrected chi connectivity index (χ1v) is 8.01. The van der Waals surface area contributed by atoms with Gasteiger partial charge in [-0.3, -0.25) is 4.79 Å². The molecule has 0 fully saturated rings. The molecule has 5 aromatic rings. The summed E-state index contributed by atoms with van der Waals surface area (Å²) in [5.41, 5.74) is 1.64. The Morgan fingerprint density at radius 3 is 2.56 bits per heavy atom. The van der Waals surface area contributed by atoms with E-state index in [-0.39, 0.29) is 5.56 Å². The third-order valence-electron chi connectivity index (χ3n) is 4.27. The normalized spacial score (nSPS) is 11.3. The molecule has 0 aliphatic rings. The van der Waals surface area contributed by atoms with Crippen LogP contribution in [0.3, 0.4) is 0 Å². The fourth-order valence-electron chi connectivity index (χ4n) is 3.02. The first-order valence-electron chi connectivity index (χ1n) is 8.01. The molecule has 0 unspecified atom stereocenters. The molecule has 0 aliphatic carbocycles. The summed E-state index contributed by atoms with van der Waals surface area (Å²) < 4.78 is 9.68. The SMILES string of the molecule is COc1ccc(-c2c3c(=O)n(-n4cnnc4)ccc3nc3ncnn23)cc1. The van der Waals surface area contributed by atoms with Crippen molar-refractivity contribution in [1.29, 1.82) is 0 Å². The van der Waals surface area contributed by atoms with Crippen molar-refractivity contribution < 1.29 is 4.74 Å². The molecule has 0 bridgehead atoms. The molecular weight excluding hydrogens is 348 g/mol. The largest absolute Gasteiger partial charge is 0.497 e. The summed E-state index contributed by atoms with van der Waals surface area (Å²) in [5, 5.41) is 12.2. The fraction of sp³-hybridized carbons (Fsp3) is 0.0588. The molecule has 10 heteroatoms. The Kier molecular flexibility index (Phi) is 3.22. The molecule has 0 saturated heterocycles. The number of methoxy groups -OCH3 is 1. The Morgan fingerprint density at radius 2 is 1.81 bits per heavy atom. The number of hydrogen-bond donors (Lipinski definition) is 0. The second-order valence-electron chi connectivity index (χ2n) is 5.73. The van der Waals surface area contributed by atoms with Crippen LogP contribution in [0.5, 0.6) is 5.75 Å². The maximum absolute atomic E-state index is 13.3. The van der Waals surface area contributed by atoms with Crippen LogP contribution >= 0.6 is 0 Å². The number of rotatable bonds is 3. The van der Waals surface area contributed by atoms with Gasteiger partial charge in [0, 0.05) is 11.8 Å². The number of aromatic nitrogens is 8. The Bertz CT molecular complexity index is 1320. The van der Waals surface area contributed by atoms with Gasteiger partial charge in [0.15, 0.2) is 0 Å². The van der Waals surface area contributed by atoms with Crippen molar-refractivity contribution >= 4 is 16.7 Å². The van der Waals surface area contributed by atoms with Crippen LogP contribution in [-0.2, 0) is 0 Å². The summed E-state index contributed by atoms with van der Waals surface area (Å²) >= 11 is 0. The monoisotopic (exact) mass is 360 g/mol. The zero-order chi connectivity index (χ0) is 18.4. The van der Waals surface area contributed by atoms with E-state index in [9.17, 15) is 4.79 Å². The average Bonchev–Trinajstić information content (AvgIpc) is 3.38. The highest BCUT2D eigenvalue weighted by Crippen LogP contribution is 2.27. The van der Waals surface area contributed by atoms with Gasteiger partial charge in [-0.1, -0.05) is 0 Å². The molecule has 0 saturated carbocycles. The molecule has 0 spiro atoms. The molecule has 0 N–H and O–H groups in total. The second-order valence-corrected chi connectivity index (χ2v) is 5.73. The Hall–Kier alpha value is -4.08. The first kappa shape index (κ1) is 15.2.